The zero-order chi connectivity index (χ0) is 36.8. The molecule has 0 fully saturated rings. The molecule has 0 saturated heterocycles. The van der Waals surface area contributed by atoms with Gasteiger partial charge in [-0.2, -0.15) is 0 Å². The van der Waals surface area contributed by atoms with Crippen molar-refractivity contribution in [1.29, 1.82) is 0 Å². The Labute approximate surface area is 310 Å². The molecule has 0 aliphatic carbocycles. The van der Waals surface area contributed by atoms with E-state index in [1.54, 1.807) is 0 Å². The summed E-state index contributed by atoms with van der Waals surface area (Å²) in [6.45, 7) is 8.92. The molecular weight excluding hydrogens is 624 g/mol. The van der Waals surface area contributed by atoms with E-state index in [4.69, 9.17) is 14.2 Å². The number of ether oxygens (including phenoxy) is 3. The van der Waals surface area contributed by atoms with E-state index in [-0.39, 0.29) is 31.1 Å². The smallest absolute Gasteiger partial charge is 0.306 e. The molecule has 50 heavy (non-hydrogen) atoms. The minimum Gasteiger partial charge on any atom is -0.462 e. The average molecular weight is 709 g/mol. The molecule has 0 amide bonds. The largest absolute Gasteiger partial charge is 0.462 e. The van der Waals surface area contributed by atoms with Gasteiger partial charge in [-0.1, -0.05) is 201 Å². The summed E-state index contributed by atoms with van der Waals surface area (Å²) in [5.74, 6) is -0.0800. The van der Waals surface area contributed by atoms with Gasteiger partial charge in [0.05, 0.1) is 0 Å². The normalized spacial score (nSPS) is 11.9. The highest BCUT2D eigenvalue weighted by Gasteiger charge is 2.19. The third kappa shape index (κ3) is 37.7. The van der Waals surface area contributed by atoms with E-state index < -0.39 is 6.10 Å². The first-order chi connectivity index (χ1) is 24.4. The molecule has 0 aromatic carbocycles. The summed E-state index contributed by atoms with van der Waals surface area (Å²) in [6.07, 6.45) is 36.6. The van der Waals surface area contributed by atoms with E-state index >= 15 is 0 Å². The van der Waals surface area contributed by atoms with Gasteiger partial charge in [0.1, 0.15) is 13.2 Å². The van der Waals surface area contributed by atoms with Gasteiger partial charge in [-0.3, -0.25) is 14.4 Å². The van der Waals surface area contributed by atoms with E-state index in [0.29, 0.717) is 19.3 Å². The fourth-order valence-electron chi connectivity index (χ4n) is 6.45. The van der Waals surface area contributed by atoms with Crippen molar-refractivity contribution in [3.05, 3.63) is 0 Å². The summed E-state index contributed by atoms with van der Waals surface area (Å²) in [5, 5.41) is 0. The van der Waals surface area contributed by atoms with Crippen molar-refractivity contribution in [3.63, 3.8) is 0 Å². The Morgan fingerprint density at radius 1 is 0.380 bits per heavy atom. The second kappa shape index (κ2) is 38.6. The molecule has 0 radical (unpaired) electrons. The lowest BCUT2D eigenvalue weighted by atomic mass is 10.0. The molecule has 0 rings (SSSR count). The van der Waals surface area contributed by atoms with Crippen LogP contribution in [0.15, 0.2) is 0 Å². The van der Waals surface area contributed by atoms with Crippen LogP contribution in [0.1, 0.15) is 240 Å². The molecule has 0 heterocycles. The van der Waals surface area contributed by atoms with Gasteiger partial charge in [-0.15, -0.1) is 0 Å². The highest BCUT2D eigenvalue weighted by Crippen LogP contribution is 2.16. The van der Waals surface area contributed by atoms with Crippen LogP contribution in [-0.4, -0.2) is 37.2 Å². The first-order valence-corrected chi connectivity index (χ1v) is 21.9. The molecule has 0 aromatic heterocycles. The number of rotatable bonds is 39. The molecule has 1 atom stereocenters. The van der Waals surface area contributed by atoms with Crippen molar-refractivity contribution in [2.45, 2.75) is 246 Å². The van der Waals surface area contributed by atoms with Crippen LogP contribution >= 0.6 is 0 Å². The van der Waals surface area contributed by atoms with E-state index in [0.717, 1.165) is 63.7 Å². The number of carbonyl (C=O) groups is 3. The highest BCUT2D eigenvalue weighted by molar-refractivity contribution is 5.71. The number of hydrogen-bond acceptors (Lipinski definition) is 6. The Bertz CT molecular complexity index is 751. The maximum Gasteiger partial charge on any atom is 0.306 e. The SMILES string of the molecule is CCCCCCCCCCCCCCCC(=O)OC[C@@H](COC(=O)CCCCCCCCCC(C)C)OC(=O)CCCCCCCCCCC. The van der Waals surface area contributed by atoms with E-state index in [1.165, 1.54) is 135 Å². The van der Waals surface area contributed by atoms with Crippen LogP contribution in [0.25, 0.3) is 0 Å². The fourth-order valence-corrected chi connectivity index (χ4v) is 6.45. The van der Waals surface area contributed by atoms with Gasteiger partial charge in [0.2, 0.25) is 0 Å². The molecule has 0 aliphatic rings. The summed E-state index contributed by atoms with van der Waals surface area (Å²) in [4.78, 5) is 37.5. The Kier molecular flexibility index (Phi) is 37.4. The molecule has 0 spiro atoms. The third-order valence-corrected chi connectivity index (χ3v) is 9.79. The fraction of sp³-hybridized carbons (Fsp3) is 0.932. The first kappa shape index (κ1) is 48.4. The lowest BCUT2D eigenvalue weighted by Gasteiger charge is -2.18. The molecular formula is C44H84O6. The monoisotopic (exact) mass is 709 g/mol. The standard InChI is InChI=1S/C44H84O6/c1-5-7-9-11-13-15-16-17-18-20-23-27-31-35-42(45)48-38-41(50-44(47)37-33-29-24-19-14-12-10-8-6-2)39-49-43(46)36-32-28-25-21-22-26-30-34-40(3)4/h40-41H,5-39H2,1-4H3/t41-/m0/s1. The van der Waals surface area contributed by atoms with Crippen LogP contribution < -0.4 is 0 Å². The molecule has 0 unspecified atom stereocenters. The van der Waals surface area contributed by atoms with Gasteiger partial charge >= 0.3 is 17.9 Å². The van der Waals surface area contributed by atoms with Gasteiger partial charge in [-0.25, -0.2) is 0 Å². The lowest BCUT2D eigenvalue weighted by molar-refractivity contribution is -0.167. The summed E-state index contributed by atoms with van der Waals surface area (Å²) in [5.41, 5.74) is 0. The van der Waals surface area contributed by atoms with Crippen LogP contribution in [0.5, 0.6) is 0 Å². The molecule has 6 heteroatoms. The Morgan fingerprint density at radius 2 is 0.660 bits per heavy atom. The van der Waals surface area contributed by atoms with Crippen LogP contribution in [0.4, 0.5) is 0 Å². The quantitative estimate of drug-likeness (QED) is 0.0359. The van der Waals surface area contributed by atoms with Crippen LogP contribution in [-0.2, 0) is 28.6 Å². The Morgan fingerprint density at radius 3 is 0.980 bits per heavy atom. The number of unbranched alkanes of at least 4 members (excludes halogenated alkanes) is 26. The van der Waals surface area contributed by atoms with Crippen molar-refractivity contribution < 1.29 is 28.6 Å². The summed E-state index contributed by atoms with van der Waals surface area (Å²) in [6, 6.07) is 0. The van der Waals surface area contributed by atoms with Crippen molar-refractivity contribution in [2.24, 2.45) is 5.92 Å². The van der Waals surface area contributed by atoms with Gasteiger partial charge in [-0.05, 0) is 25.2 Å². The van der Waals surface area contributed by atoms with Crippen molar-refractivity contribution in [1.82, 2.24) is 0 Å². The van der Waals surface area contributed by atoms with Crippen molar-refractivity contribution >= 4 is 17.9 Å². The van der Waals surface area contributed by atoms with Crippen molar-refractivity contribution in [2.75, 3.05) is 13.2 Å². The molecule has 6 nitrogen and oxygen atoms in total. The molecule has 0 N–H and O–H groups in total. The van der Waals surface area contributed by atoms with Gasteiger partial charge in [0, 0.05) is 19.3 Å². The minimum atomic E-state index is -0.758. The van der Waals surface area contributed by atoms with Gasteiger partial charge in [0.25, 0.3) is 0 Å². The molecule has 296 valence electrons. The van der Waals surface area contributed by atoms with Gasteiger partial charge in [0.15, 0.2) is 6.10 Å². The van der Waals surface area contributed by atoms with Gasteiger partial charge < -0.3 is 14.2 Å². The second-order valence-electron chi connectivity index (χ2n) is 15.5. The predicted octanol–water partition coefficient (Wildman–Crippen LogP) is 13.6. The first-order valence-electron chi connectivity index (χ1n) is 21.9. The Hall–Kier alpha value is -1.59. The molecule has 0 aromatic rings. The van der Waals surface area contributed by atoms with E-state index in [9.17, 15) is 14.4 Å². The average Bonchev–Trinajstić information content (AvgIpc) is 3.09. The topological polar surface area (TPSA) is 78.9 Å². The second-order valence-corrected chi connectivity index (χ2v) is 15.5. The number of carbonyl (C=O) groups excluding carboxylic acids is 3. The number of hydrogen-bond donors (Lipinski definition) is 0. The van der Waals surface area contributed by atoms with Crippen LogP contribution in [0.3, 0.4) is 0 Å². The summed E-state index contributed by atoms with van der Waals surface area (Å²) >= 11 is 0. The Balaban J connectivity index is 4.31. The zero-order valence-corrected chi connectivity index (χ0v) is 33.9. The number of esters is 3. The third-order valence-electron chi connectivity index (χ3n) is 9.79. The van der Waals surface area contributed by atoms with E-state index in [1.807, 2.05) is 0 Å². The summed E-state index contributed by atoms with van der Waals surface area (Å²) in [7, 11) is 0. The zero-order valence-electron chi connectivity index (χ0n) is 33.9. The lowest BCUT2D eigenvalue weighted by Crippen LogP contribution is -2.30. The van der Waals surface area contributed by atoms with E-state index in [2.05, 4.69) is 27.7 Å². The maximum absolute atomic E-state index is 12.6. The predicted molar refractivity (Wildman–Crippen MR) is 210 cm³/mol. The molecule has 0 aliphatic heterocycles. The van der Waals surface area contributed by atoms with Crippen molar-refractivity contribution in [3.8, 4) is 0 Å². The molecule has 0 saturated carbocycles. The maximum atomic E-state index is 12.6. The van der Waals surface area contributed by atoms with Crippen LogP contribution in [0.2, 0.25) is 0 Å². The summed E-state index contributed by atoms with van der Waals surface area (Å²) < 4.78 is 16.6. The highest BCUT2D eigenvalue weighted by atomic mass is 16.6. The van der Waals surface area contributed by atoms with Crippen LogP contribution in [0, 0.1) is 5.92 Å². The minimum absolute atomic E-state index is 0.0646. The molecule has 0 bridgehead atoms.